The van der Waals surface area contributed by atoms with Crippen molar-refractivity contribution in [1.82, 2.24) is 25.2 Å². The molecule has 6 rings (SSSR count). The van der Waals surface area contributed by atoms with Gasteiger partial charge in [0.05, 0.1) is 12.2 Å². The van der Waals surface area contributed by atoms with Gasteiger partial charge in [-0.3, -0.25) is 24.0 Å². The molecule has 2 saturated heterocycles. The van der Waals surface area contributed by atoms with Crippen LogP contribution >= 0.6 is 0 Å². The van der Waals surface area contributed by atoms with Gasteiger partial charge in [-0.2, -0.15) is 8.42 Å². The van der Waals surface area contributed by atoms with E-state index < -0.39 is 69.4 Å². The average molecular weight is 767 g/mol. The van der Waals surface area contributed by atoms with Crippen LogP contribution in [0.15, 0.2) is 54.6 Å². The van der Waals surface area contributed by atoms with Gasteiger partial charge in [-0.05, 0) is 69.2 Å². The van der Waals surface area contributed by atoms with Gasteiger partial charge in [0.1, 0.15) is 29.3 Å². The summed E-state index contributed by atoms with van der Waals surface area (Å²) in [5.74, 6) is -2.46. The van der Waals surface area contributed by atoms with Crippen LogP contribution in [-0.2, 0) is 47.2 Å². The monoisotopic (exact) mass is 766 g/mol. The largest absolute Gasteiger partial charge is 0.444 e. The van der Waals surface area contributed by atoms with Crippen molar-refractivity contribution >= 4 is 45.8 Å². The van der Waals surface area contributed by atoms with Crippen LogP contribution in [0.3, 0.4) is 0 Å². The van der Waals surface area contributed by atoms with E-state index in [1.807, 2.05) is 24.3 Å². The van der Waals surface area contributed by atoms with E-state index in [9.17, 15) is 32.4 Å². The van der Waals surface area contributed by atoms with Crippen molar-refractivity contribution < 1.29 is 41.9 Å². The highest BCUT2D eigenvalue weighted by Gasteiger charge is 2.62. The summed E-state index contributed by atoms with van der Waals surface area (Å²) in [5, 5.41) is 5.55. The van der Waals surface area contributed by atoms with Gasteiger partial charge in [0, 0.05) is 19.5 Å². The Bertz CT molecular complexity index is 1830. The van der Waals surface area contributed by atoms with Crippen LogP contribution in [0.4, 0.5) is 15.3 Å². The molecule has 4 aliphatic rings. The van der Waals surface area contributed by atoms with Crippen LogP contribution in [-0.4, -0.2) is 84.0 Å². The van der Waals surface area contributed by atoms with E-state index in [1.54, 1.807) is 43.9 Å². The maximum atomic E-state index is 14.4. The van der Waals surface area contributed by atoms with Gasteiger partial charge in [-0.1, -0.05) is 74.6 Å². The fourth-order valence-corrected chi connectivity index (χ4v) is 8.52. The molecule has 0 aromatic heterocycles. The average Bonchev–Trinajstić information content (AvgIpc) is 3.40. The molecule has 3 fully saturated rings. The molecule has 1 saturated carbocycles. The Kier molecular flexibility index (Phi) is 11.4. The first kappa shape index (κ1) is 38.9. The minimum absolute atomic E-state index is 0.0700. The third-order valence-electron chi connectivity index (χ3n) is 10.4. The molecule has 15 nitrogen and oxygen atoms in total. The van der Waals surface area contributed by atoms with Gasteiger partial charge in [-0.25, -0.2) is 14.3 Å². The molecule has 16 heteroatoms. The molecule has 2 aromatic rings. The second kappa shape index (κ2) is 15.9. The molecule has 0 unspecified atom stereocenters. The number of anilines is 1. The summed E-state index contributed by atoms with van der Waals surface area (Å²) in [5.41, 5.74) is -0.105. The number of nitrogens with zero attached hydrogens (tertiary/aromatic N) is 2. The fraction of sp³-hybridized carbons (Fsp3) is 0.553. The minimum atomic E-state index is -4.37. The fourth-order valence-electron chi connectivity index (χ4n) is 7.60. The van der Waals surface area contributed by atoms with Gasteiger partial charge in [0.2, 0.25) is 11.8 Å². The molecular formula is C38H50N6O9S. The van der Waals surface area contributed by atoms with Crippen LogP contribution in [0, 0.1) is 5.92 Å². The molecule has 1 aliphatic carbocycles. The van der Waals surface area contributed by atoms with Gasteiger partial charge >= 0.3 is 22.4 Å². The smallest absolute Gasteiger partial charge is 0.410 e. The summed E-state index contributed by atoms with van der Waals surface area (Å²) in [6.07, 6.45) is 2.57. The maximum Gasteiger partial charge on any atom is 0.410 e. The Morgan fingerprint density at radius 2 is 1.52 bits per heavy atom. The number of hydrogen-bond acceptors (Lipinski definition) is 9. The van der Waals surface area contributed by atoms with E-state index in [2.05, 4.69) is 20.1 Å². The van der Waals surface area contributed by atoms with E-state index in [0.29, 0.717) is 32.4 Å². The maximum absolute atomic E-state index is 14.4. The lowest BCUT2D eigenvalue weighted by Gasteiger charge is -2.30. The Morgan fingerprint density at radius 1 is 0.889 bits per heavy atom. The lowest BCUT2D eigenvalue weighted by Crippen LogP contribution is -2.58. The molecule has 5 atom stereocenters. The number of ether oxygens (including phenoxy) is 2. The number of carbonyl (C=O) groups is 5. The quantitative estimate of drug-likeness (QED) is 0.335. The lowest BCUT2D eigenvalue weighted by molar-refractivity contribution is -0.141. The highest BCUT2D eigenvalue weighted by molar-refractivity contribution is 7.91. The van der Waals surface area contributed by atoms with E-state index >= 15 is 0 Å². The number of fused-ring (bicyclic) bond motifs is 3. The van der Waals surface area contributed by atoms with Crippen LogP contribution in [0.25, 0.3) is 0 Å². The molecule has 0 radical (unpaired) electrons. The predicted octanol–water partition coefficient (Wildman–Crippen LogP) is 4.09. The molecule has 3 heterocycles. The number of rotatable bonds is 6. The number of carbonyl (C=O) groups excluding carboxylic acids is 5. The third kappa shape index (κ3) is 9.43. The number of para-hydroxylation sites is 1. The molecule has 54 heavy (non-hydrogen) atoms. The zero-order valence-electron chi connectivity index (χ0n) is 31.0. The Hall–Kier alpha value is -4.86. The van der Waals surface area contributed by atoms with E-state index in [4.69, 9.17) is 9.47 Å². The van der Waals surface area contributed by atoms with Crippen LogP contribution in [0.2, 0.25) is 0 Å². The first-order valence-corrected chi connectivity index (χ1v) is 20.2. The Balaban J connectivity index is 1.24. The molecule has 3 aliphatic heterocycles. The molecule has 0 spiro atoms. The molecule has 0 bridgehead atoms. The van der Waals surface area contributed by atoms with Crippen LogP contribution in [0.5, 0.6) is 0 Å². The molecule has 2 aromatic carbocycles. The van der Waals surface area contributed by atoms with Gasteiger partial charge in [0.25, 0.3) is 5.91 Å². The third-order valence-corrected chi connectivity index (χ3v) is 11.3. The Morgan fingerprint density at radius 3 is 2.19 bits per heavy atom. The molecular weight excluding hydrogens is 717 g/mol. The summed E-state index contributed by atoms with van der Waals surface area (Å²) in [6.45, 7) is 5.72. The lowest BCUT2D eigenvalue weighted by atomic mass is 10.0. The standard InChI is InChI=1S/C38H50N6O9S/c1-37(2,3)53-35(48)39-30-19-11-6-4-5-8-16-27-21-38(27,34(47)42-54(50,51)41-28-17-9-7-10-18-28)40-32(45)31-20-29(24-44(31)33(30)46)52-36(49)43-22-25-14-12-13-15-26(25)23-43/h7,9-10,12-15,17-18,27,29-31,41H,4-6,8,11,16,19-24H2,1-3H3,(H,39,48)(H,40,45)(H,42,47)/t27-,29-,30+,31+,38-/m1/s1. The minimum Gasteiger partial charge on any atom is -0.444 e. The summed E-state index contributed by atoms with van der Waals surface area (Å²) >= 11 is 0. The van der Waals surface area contributed by atoms with Crippen LogP contribution < -0.4 is 20.1 Å². The van der Waals surface area contributed by atoms with Crippen molar-refractivity contribution in [3.63, 3.8) is 0 Å². The van der Waals surface area contributed by atoms with Gasteiger partial charge in [-0.15, -0.1) is 0 Å². The zero-order valence-corrected chi connectivity index (χ0v) is 31.8. The first-order chi connectivity index (χ1) is 25.6. The first-order valence-electron chi connectivity index (χ1n) is 18.7. The van der Waals surface area contributed by atoms with E-state index in [-0.39, 0.29) is 31.0 Å². The number of benzene rings is 2. The molecule has 292 valence electrons. The SMILES string of the molecule is CC(C)(C)OC(=O)N[C@H]1CCCCCCC[C@@H]2C[C@@]2(C(=O)NS(=O)(=O)Nc2ccccc2)NC(=O)[C@@H]2C[C@@H](OC(=O)N3Cc4ccccc4C3)CN2C1=O. The second-order valence-corrected chi connectivity index (χ2v) is 17.1. The van der Waals surface area contributed by atoms with Crippen LogP contribution in [0.1, 0.15) is 89.7 Å². The highest BCUT2D eigenvalue weighted by atomic mass is 32.2. The summed E-state index contributed by atoms with van der Waals surface area (Å²) in [7, 11) is -4.37. The van der Waals surface area contributed by atoms with E-state index in [0.717, 1.165) is 36.8 Å². The van der Waals surface area contributed by atoms with Crippen molar-refractivity contribution in [3.05, 3.63) is 65.7 Å². The normalized spacial score (nSPS) is 26.1. The molecule has 5 amide bonds. The van der Waals surface area contributed by atoms with Crippen molar-refractivity contribution in [2.24, 2.45) is 5.92 Å². The highest BCUT2D eigenvalue weighted by Crippen LogP contribution is 2.48. The van der Waals surface area contributed by atoms with Crippen molar-refractivity contribution in [3.8, 4) is 0 Å². The summed E-state index contributed by atoms with van der Waals surface area (Å²) in [4.78, 5) is 71.7. The summed E-state index contributed by atoms with van der Waals surface area (Å²) < 4.78 is 41.9. The molecule has 4 N–H and O–H groups in total. The number of alkyl carbamates (subject to hydrolysis) is 1. The summed E-state index contributed by atoms with van der Waals surface area (Å²) in [6, 6.07) is 13.5. The van der Waals surface area contributed by atoms with Crippen molar-refractivity contribution in [1.29, 1.82) is 0 Å². The zero-order chi connectivity index (χ0) is 38.7. The number of nitrogens with one attached hydrogen (secondary N) is 4. The topological polar surface area (TPSA) is 193 Å². The second-order valence-electron chi connectivity index (χ2n) is 15.7. The number of hydrogen-bond donors (Lipinski definition) is 4. The van der Waals surface area contributed by atoms with Crippen molar-refractivity contribution in [2.45, 2.75) is 121 Å². The van der Waals surface area contributed by atoms with E-state index in [1.165, 1.54) is 17.0 Å². The number of amides is 5. The van der Waals surface area contributed by atoms with Gasteiger partial charge in [0.15, 0.2) is 0 Å². The Labute approximate surface area is 316 Å². The van der Waals surface area contributed by atoms with Gasteiger partial charge < -0.3 is 25.0 Å². The van der Waals surface area contributed by atoms with Crippen molar-refractivity contribution in [2.75, 3.05) is 11.3 Å². The predicted molar refractivity (Wildman–Crippen MR) is 198 cm³/mol.